The van der Waals surface area contributed by atoms with E-state index in [0.29, 0.717) is 18.3 Å². The zero-order chi connectivity index (χ0) is 26.4. The molecule has 2 amide bonds. The lowest BCUT2D eigenvalue weighted by atomic mass is 9.49. The SMILES string of the molecule is COc1ccc(NC(=O)CNC(=O)C23CC4CC(CC(Cl)(C4)C2)C3)cc1S(=O)(=O)Nc1ccccc1Cl. The Kier molecular flexibility index (Phi) is 6.83. The summed E-state index contributed by atoms with van der Waals surface area (Å²) in [5.74, 6) is 0.451. The standard InChI is InChI=1S/C26H29Cl2N3O5S/c1-36-21-7-6-18(9-22(21)37(34,35)31-20-5-3-2-4-19(20)27)30-23(32)14-29-24(33)25-10-16-8-17(11-25)13-26(28,12-16)15-25/h2-7,9,16-17,31H,8,10-15H2,1H3,(H,29,33)(H,30,32). The Hall–Kier alpha value is -2.49. The normalized spacial score (nSPS) is 28.0. The number of methoxy groups -OCH3 is 1. The molecule has 3 N–H and O–H groups in total. The fraction of sp³-hybridized carbons (Fsp3) is 0.462. The summed E-state index contributed by atoms with van der Waals surface area (Å²) < 4.78 is 33.9. The van der Waals surface area contributed by atoms with Crippen LogP contribution in [-0.2, 0) is 19.6 Å². The second kappa shape index (κ2) is 9.67. The highest BCUT2D eigenvalue weighted by molar-refractivity contribution is 7.92. The predicted molar refractivity (Wildman–Crippen MR) is 143 cm³/mol. The van der Waals surface area contributed by atoms with Gasteiger partial charge in [0.05, 0.1) is 29.8 Å². The maximum Gasteiger partial charge on any atom is 0.265 e. The van der Waals surface area contributed by atoms with Crippen LogP contribution in [0, 0.1) is 17.3 Å². The topological polar surface area (TPSA) is 114 Å². The molecule has 4 aliphatic rings. The van der Waals surface area contributed by atoms with Gasteiger partial charge in [0.1, 0.15) is 10.6 Å². The average Bonchev–Trinajstić information content (AvgIpc) is 2.82. The van der Waals surface area contributed by atoms with Crippen molar-refractivity contribution >= 4 is 56.4 Å². The van der Waals surface area contributed by atoms with Crippen LogP contribution < -0.4 is 20.1 Å². The van der Waals surface area contributed by atoms with Gasteiger partial charge >= 0.3 is 0 Å². The van der Waals surface area contributed by atoms with Crippen molar-refractivity contribution in [1.82, 2.24) is 5.32 Å². The first-order valence-corrected chi connectivity index (χ1v) is 14.5. The zero-order valence-electron chi connectivity index (χ0n) is 20.4. The molecule has 0 saturated heterocycles. The van der Waals surface area contributed by atoms with Gasteiger partial charge in [0.15, 0.2) is 0 Å². The molecule has 0 spiro atoms. The number of nitrogens with one attached hydrogen (secondary N) is 3. The van der Waals surface area contributed by atoms with E-state index in [4.69, 9.17) is 27.9 Å². The second-order valence-corrected chi connectivity index (χ2v) is 13.4. The molecular weight excluding hydrogens is 537 g/mol. The summed E-state index contributed by atoms with van der Waals surface area (Å²) in [4.78, 5) is 25.4. The average molecular weight is 567 g/mol. The molecule has 4 aliphatic carbocycles. The summed E-state index contributed by atoms with van der Waals surface area (Å²) in [7, 11) is -2.73. The highest BCUT2D eigenvalue weighted by Crippen LogP contribution is 2.63. The molecule has 2 atom stereocenters. The maximum absolute atomic E-state index is 13.2. The van der Waals surface area contributed by atoms with Crippen molar-refractivity contribution in [3.63, 3.8) is 0 Å². The number of sulfonamides is 1. The van der Waals surface area contributed by atoms with Gasteiger partial charge < -0.3 is 15.4 Å². The number of hydrogen-bond acceptors (Lipinski definition) is 5. The van der Waals surface area contributed by atoms with Crippen LogP contribution in [-0.4, -0.2) is 38.8 Å². The number of halogens is 2. The Morgan fingerprint density at radius 1 is 1.08 bits per heavy atom. The number of para-hydroxylation sites is 1. The lowest BCUT2D eigenvalue weighted by Crippen LogP contribution is -2.58. The van der Waals surface area contributed by atoms with Crippen molar-refractivity contribution < 1.29 is 22.7 Å². The molecule has 2 aromatic carbocycles. The van der Waals surface area contributed by atoms with E-state index in [-0.39, 0.29) is 44.4 Å². The highest BCUT2D eigenvalue weighted by Gasteiger charge is 2.60. The minimum Gasteiger partial charge on any atom is -0.495 e. The molecule has 4 fully saturated rings. The molecule has 37 heavy (non-hydrogen) atoms. The van der Waals surface area contributed by atoms with Crippen LogP contribution in [0.3, 0.4) is 0 Å². The molecule has 6 rings (SSSR count). The van der Waals surface area contributed by atoms with Crippen LogP contribution in [0.25, 0.3) is 0 Å². The third-order valence-corrected chi connectivity index (χ3v) is 9.89. The van der Waals surface area contributed by atoms with E-state index in [1.165, 1.54) is 31.4 Å². The fourth-order valence-corrected chi connectivity index (χ4v) is 8.88. The highest BCUT2D eigenvalue weighted by atomic mass is 35.5. The molecular formula is C26H29Cl2N3O5S. The summed E-state index contributed by atoms with van der Waals surface area (Å²) in [6.45, 7) is -0.225. The molecule has 4 bridgehead atoms. The summed E-state index contributed by atoms with van der Waals surface area (Å²) in [5, 5.41) is 5.71. The van der Waals surface area contributed by atoms with Crippen molar-refractivity contribution in [1.29, 1.82) is 0 Å². The van der Waals surface area contributed by atoms with Crippen LogP contribution in [0.4, 0.5) is 11.4 Å². The van der Waals surface area contributed by atoms with Gasteiger partial charge in [-0.2, -0.15) is 0 Å². The van der Waals surface area contributed by atoms with Crippen molar-refractivity contribution in [2.75, 3.05) is 23.7 Å². The molecule has 0 radical (unpaired) electrons. The Balaban J connectivity index is 1.25. The van der Waals surface area contributed by atoms with Crippen LogP contribution >= 0.6 is 23.2 Å². The number of alkyl halides is 1. The van der Waals surface area contributed by atoms with E-state index in [1.54, 1.807) is 18.2 Å². The molecule has 8 nitrogen and oxygen atoms in total. The van der Waals surface area contributed by atoms with Crippen molar-refractivity contribution in [2.45, 2.75) is 48.3 Å². The number of amides is 2. The Morgan fingerprint density at radius 3 is 2.43 bits per heavy atom. The second-order valence-electron chi connectivity index (χ2n) is 10.6. The molecule has 198 valence electrons. The van der Waals surface area contributed by atoms with E-state index in [2.05, 4.69) is 15.4 Å². The van der Waals surface area contributed by atoms with E-state index < -0.39 is 21.3 Å². The number of ether oxygens (including phenoxy) is 1. The van der Waals surface area contributed by atoms with Gasteiger partial charge in [-0.1, -0.05) is 23.7 Å². The minimum atomic E-state index is -4.09. The molecule has 0 heterocycles. The number of anilines is 2. The van der Waals surface area contributed by atoms with Gasteiger partial charge in [0.2, 0.25) is 11.8 Å². The number of carbonyl (C=O) groups is 2. The van der Waals surface area contributed by atoms with Crippen LogP contribution in [0.1, 0.15) is 38.5 Å². The molecule has 2 unspecified atom stereocenters. The summed E-state index contributed by atoms with van der Waals surface area (Å²) >= 11 is 12.9. The quantitative estimate of drug-likeness (QED) is 0.398. The number of carbonyl (C=O) groups excluding carboxylic acids is 2. The summed E-state index contributed by atoms with van der Waals surface area (Å²) in [6, 6.07) is 10.7. The predicted octanol–water partition coefficient (Wildman–Crippen LogP) is 4.78. The first-order chi connectivity index (χ1) is 17.5. The van der Waals surface area contributed by atoms with E-state index in [0.717, 1.165) is 32.1 Å². The first-order valence-electron chi connectivity index (χ1n) is 12.2. The maximum atomic E-state index is 13.2. The number of hydrogen-bond donors (Lipinski definition) is 3. The molecule has 0 aliphatic heterocycles. The summed E-state index contributed by atoms with van der Waals surface area (Å²) in [5.41, 5.74) is -0.0430. The lowest BCUT2D eigenvalue weighted by molar-refractivity contribution is -0.145. The van der Waals surface area contributed by atoms with Crippen molar-refractivity contribution in [3.05, 3.63) is 47.5 Å². The molecule has 2 aromatic rings. The Bertz CT molecular complexity index is 1340. The number of rotatable bonds is 8. The van der Waals surface area contributed by atoms with E-state index in [9.17, 15) is 18.0 Å². The molecule has 11 heteroatoms. The molecule has 0 aromatic heterocycles. The monoisotopic (exact) mass is 565 g/mol. The van der Waals surface area contributed by atoms with Gasteiger partial charge in [-0.05, 0) is 80.7 Å². The Labute approximate surface area is 226 Å². The van der Waals surface area contributed by atoms with Crippen LogP contribution in [0.15, 0.2) is 47.4 Å². The fourth-order valence-electron chi connectivity index (χ4n) is 6.68. The van der Waals surface area contributed by atoms with Crippen LogP contribution in [0.5, 0.6) is 5.75 Å². The smallest absolute Gasteiger partial charge is 0.265 e. The van der Waals surface area contributed by atoms with Crippen molar-refractivity contribution in [3.8, 4) is 5.75 Å². The van der Waals surface area contributed by atoms with Gasteiger partial charge in [-0.25, -0.2) is 8.42 Å². The summed E-state index contributed by atoms with van der Waals surface area (Å²) in [6.07, 6.45) is 5.37. The third kappa shape index (κ3) is 5.26. The largest absolute Gasteiger partial charge is 0.495 e. The minimum absolute atomic E-state index is 0.0997. The lowest BCUT2D eigenvalue weighted by Gasteiger charge is -2.59. The van der Waals surface area contributed by atoms with E-state index in [1.807, 2.05) is 0 Å². The van der Waals surface area contributed by atoms with Gasteiger partial charge in [0, 0.05) is 10.6 Å². The van der Waals surface area contributed by atoms with Crippen LogP contribution in [0.2, 0.25) is 5.02 Å². The zero-order valence-corrected chi connectivity index (χ0v) is 22.7. The van der Waals surface area contributed by atoms with Gasteiger partial charge in [-0.15, -0.1) is 11.6 Å². The van der Waals surface area contributed by atoms with Crippen molar-refractivity contribution in [2.24, 2.45) is 17.3 Å². The van der Waals surface area contributed by atoms with Gasteiger partial charge in [0.25, 0.3) is 10.0 Å². The Morgan fingerprint density at radius 2 is 1.78 bits per heavy atom. The first kappa shape index (κ1) is 26.1. The van der Waals surface area contributed by atoms with E-state index >= 15 is 0 Å². The number of benzene rings is 2. The van der Waals surface area contributed by atoms with Gasteiger partial charge in [-0.3, -0.25) is 14.3 Å². The molecule has 4 saturated carbocycles. The third-order valence-electron chi connectivity index (χ3n) is 7.74.